The Hall–Kier alpha value is -2.69. The highest BCUT2D eigenvalue weighted by molar-refractivity contribution is 5.83. The standard InChI is InChI=1S/C15H15N5/c1-10(19-15-18-9-17-14(16)20-15)12-7-6-11-4-2-3-5-13(11)8-12/h2-10H,1H3,(H3,16,17,18,19,20)/t10-/m1/s1. The molecule has 0 aliphatic carbocycles. The number of nitrogen functional groups attached to an aromatic ring is 1. The maximum absolute atomic E-state index is 5.55. The topological polar surface area (TPSA) is 76.7 Å². The molecule has 0 spiro atoms. The number of hydrogen-bond donors (Lipinski definition) is 2. The number of fused-ring (bicyclic) bond motifs is 1. The highest BCUT2D eigenvalue weighted by Gasteiger charge is 2.08. The number of rotatable bonds is 3. The number of nitrogens with zero attached hydrogens (tertiary/aromatic N) is 3. The van der Waals surface area contributed by atoms with Crippen molar-refractivity contribution in [3.8, 4) is 0 Å². The van der Waals surface area contributed by atoms with Gasteiger partial charge in [0.25, 0.3) is 0 Å². The van der Waals surface area contributed by atoms with Crippen LogP contribution in [0.3, 0.4) is 0 Å². The fourth-order valence-corrected chi connectivity index (χ4v) is 2.13. The van der Waals surface area contributed by atoms with Crippen molar-refractivity contribution < 1.29 is 0 Å². The van der Waals surface area contributed by atoms with Gasteiger partial charge in [0.05, 0.1) is 6.04 Å². The summed E-state index contributed by atoms with van der Waals surface area (Å²) in [5, 5.41) is 5.67. The zero-order valence-corrected chi connectivity index (χ0v) is 11.1. The van der Waals surface area contributed by atoms with Gasteiger partial charge in [-0.15, -0.1) is 0 Å². The van der Waals surface area contributed by atoms with Crippen LogP contribution < -0.4 is 11.1 Å². The molecule has 0 radical (unpaired) electrons. The van der Waals surface area contributed by atoms with Crippen molar-refractivity contribution in [3.05, 3.63) is 54.4 Å². The van der Waals surface area contributed by atoms with Gasteiger partial charge in [-0.2, -0.15) is 4.98 Å². The van der Waals surface area contributed by atoms with Crippen LogP contribution in [0.1, 0.15) is 18.5 Å². The third-order valence-electron chi connectivity index (χ3n) is 3.21. The molecule has 1 atom stereocenters. The summed E-state index contributed by atoms with van der Waals surface area (Å²) in [4.78, 5) is 11.9. The first-order valence-corrected chi connectivity index (χ1v) is 6.42. The number of nitrogens with two attached hydrogens (primary N) is 1. The maximum atomic E-state index is 5.55. The predicted octanol–water partition coefficient (Wildman–Crippen LogP) is 2.78. The third-order valence-corrected chi connectivity index (χ3v) is 3.21. The van der Waals surface area contributed by atoms with Gasteiger partial charge in [0.15, 0.2) is 0 Å². The highest BCUT2D eigenvalue weighted by atomic mass is 15.2. The molecule has 0 aliphatic heterocycles. The van der Waals surface area contributed by atoms with Crippen molar-refractivity contribution in [2.75, 3.05) is 11.1 Å². The quantitative estimate of drug-likeness (QED) is 0.761. The molecule has 0 bridgehead atoms. The van der Waals surface area contributed by atoms with Crippen LogP contribution in [0.2, 0.25) is 0 Å². The third kappa shape index (κ3) is 2.51. The Labute approximate surface area is 116 Å². The molecular formula is C15H15N5. The molecule has 0 aliphatic rings. The molecule has 0 saturated carbocycles. The van der Waals surface area contributed by atoms with Crippen molar-refractivity contribution in [3.63, 3.8) is 0 Å². The van der Waals surface area contributed by atoms with Crippen LogP contribution in [0.5, 0.6) is 0 Å². The van der Waals surface area contributed by atoms with Gasteiger partial charge in [-0.05, 0) is 29.3 Å². The number of benzene rings is 2. The lowest BCUT2D eigenvalue weighted by molar-refractivity contribution is 0.857. The van der Waals surface area contributed by atoms with Gasteiger partial charge in [0, 0.05) is 0 Å². The fourth-order valence-electron chi connectivity index (χ4n) is 2.13. The summed E-state index contributed by atoms with van der Waals surface area (Å²) in [6.07, 6.45) is 1.40. The second kappa shape index (κ2) is 5.13. The molecule has 3 aromatic rings. The van der Waals surface area contributed by atoms with Crippen molar-refractivity contribution in [1.29, 1.82) is 0 Å². The summed E-state index contributed by atoms with van der Waals surface area (Å²) in [6.45, 7) is 2.06. The van der Waals surface area contributed by atoms with E-state index in [1.807, 2.05) is 12.1 Å². The lowest BCUT2D eigenvalue weighted by Crippen LogP contribution is -2.10. The van der Waals surface area contributed by atoms with E-state index in [4.69, 9.17) is 5.73 Å². The summed E-state index contributed by atoms with van der Waals surface area (Å²) in [5.41, 5.74) is 6.71. The second-order valence-electron chi connectivity index (χ2n) is 4.64. The minimum Gasteiger partial charge on any atom is -0.368 e. The van der Waals surface area contributed by atoms with E-state index in [1.54, 1.807) is 0 Å². The molecule has 1 heterocycles. The van der Waals surface area contributed by atoms with Crippen molar-refractivity contribution >= 4 is 22.7 Å². The molecule has 3 rings (SSSR count). The van der Waals surface area contributed by atoms with E-state index in [-0.39, 0.29) is 12.0 Å². The lowest BCUT2D eigenvalue weighted by Gasteiger charge is -2.14. The molecule has 20 heavy (non-hydrogen) atoms. The van der Waals surface area contributed by atoms with Crippen LogP contribution in [-0.4, -0.2) is 15.0 Å². The summed E-state index contributed by atoms with van der Waals surface area (Å²) in [5.74, 6) is 0.700. The molecule has 1 aromatic heterocycles. The molecule has 5 nitrogen and oxygen atoms in total. The summed E-state index contributed by atoms with van der Waals surface area (Å²) in [6, 6.07) is 14.7. The molecule has 0 saturated heterocycles. The zero-order valence-electron chi connectivity index (χ0n) is 11.1. The number of aromatic nitrogens is 3. The van der Waals surface area contributed by atoms with Crippen molar-refractivity contribution in [2.45, 2.75) is 13.0 Å². The van der Waals surface area contributed by atoms with E-state index < -0.39 is 0 Å². The van der Waals surface area contributed by atoms with Gasteiger partial charge in [-0.25, -0.2) is 9.97 Å². The Morgan fingerprint density at radius 1 is 1.05 bits per heavy atom. The predicted molar refractivity (Wildman–Crippen MR) is 80.2 cm³/mol. The average Bonchev–Trinajstić information content (AvgIpc) is 2.47. The van der Waals surface area contributed by atoms with E-state index >= 15 is 0 Å². The van der Waals surface area contributed by atoms with E-state index in [2.05, 4.69) is 57.5 Å². The number of hydrogen-bond acceptors (Lipinski definition) is 5. The molecule has 0 amide bonds. The molecule has 0 fully saturated rings. The van der Waals surface area contributed by atoms with Gasteiger partial charge >= 0.3 is 0 Å². The number of anilines is 2. The first-order chi connectivity index (χ1) is 9.72. The van der Waals surface area contributed by atoms with Crippen LogP contribution in [-0.2, 0) is 0 Å². The fraction of sp³-hybridized carbons (Fsp3) is 0.133. The van der Waals surface area contributed by atoms with Gasteiger partial charge in [0.2, 0.25) is 11.9 Å². The average molecular weight is 265 g/mol. The van der Waals surface area contributed by atoms with Crippen LogP contribution in [0.15, 0.2) is 48.8 Å². The monoisotopic (exact) mass is 265 g/mol. The Morgan fingerprint density at radius 2 is 1.85 bits per heavy atom. The first-order valence-electron chi connectivity index (χ1n) is 6.42. The minimum absolute atomic E-state index is 0.0846. The van der Waals surface area contributed by atoms with Gasteiger partial charge in [-0.1, -0.05) is 36.4 Å². The van der Waals surface area contributed by atoms with E-state index in [9.17, 15) is 0 Å². The Bertz CT molecular complexity index is 741. The van der Waals surface area contributed by atoms with E-state index in [1.165, 1.54) is 22.7 Å². The van der Waals surface area contributed by atoms with Crippen molar-refractivity contribution in [1.82, 2.24) is 15.0 Å². The summed E-state index contributed by atoms with van der Waals surface area (Å²) in [7, 11) is 0. The van der Waals surface area contributed by atoms with Gasteiger partial charge in [0.1, 0.15) is 6.33 Å². The Morgan fingerprint density at radius 3 is 2.65 bits per heavy atom. The molecule has 2 aromatic carbocycles. The first kappa shape index (κ1) is 12.3. The van der Waals surface area contributed by atoms with Crippen LogP contribution >= 0.6 is 0 Å². The summed E-state index contributed by atoms with van der Waals surface area (Å²) < 4.78 is 0. The Balaban J connectivity index is 1.86. The van der Waals surface area contributed by atoms with Crippen LogP contribution in [0.4, 0.5) is 11.9 Å². The smallest absolute Gasteiger partial charge is 0.227 e. The molecule has 0 unspecified atom stereocenters. The van der Waals surface area contributed by atoms with E-state index in [0.717, 1.165) is 0 Å². The molecular weight excluding hydrogens is 250 g/mol. The number of nitrogens with one attached hydrogen (secondary N) is 1. The minimum atomic E-state index is 0.0846. The van der Waals surface area contributed by atoms with Gasteiger partial charge < -0.3 is 11.1 Å². The normalized spacial score (nSPS) is 12.2. The van der Waals surface area contributed by atoms with Gasteiger partial charge in [-0.3, -0.25) is 0 Å². The largest absolute Gasteiger partial charge is 0.368 e. The van der Waals surface area contributed by atoms with Crippen molar-refractivity contribution in [2.24, 2.45) is 0 Å². The SMILES string of the molecule is C[C@@H](Nc1ncnc(N)n1)c1ccc2ccccc2c1. The van der Waals surface area contributed by atoms with Crippen LogP contribution in [0.25, 0.3) is 10.8 Å². The van der Waals surface area contributed by atoms with E-state index in [0.29, 0.717) is 5.95 Å². The Kier molecular flexibility index (Phi) is 3.16. The lowest BCUT2D eigenvalue weighted by atomic mass is 10.0. The molecule has 3 N–H and O–H groups in total. The highest BCUT2D eigenvalue weighted by Crippen LogP contribution is 2.22. The molecule has 5 heteroatoms. The maximum Gasteiger partial charge on any atom is 0.227 e. The molecule has 100 valence electrons. The second-order valence-corrected chi connectivity index (χ2v) is 4.64. The summed E-state index contributed by atoms with van der Waals surface area (Å²) >= 11 is 0. The van der Waals surface area contributed by atoms with Crippen LogP contribution in [0, 0.1) is 0 Å². The zero-order chi connectivity index (χ0) is 13.9.